The van der Waals surface area contributed by atoms with Gasteiger partial charge in [-0.3, -0.25) is 0 Å². The van der Waals surface area contributed by atoms with Gasteiger partial charge in [0.05, 0.1) is 12.7 Å². The highest BCUT2D eigenvalue weighted by molar-refractivity contribution is 6.99. The van der Waals surface area contributed by atoms with E-state index in [1.54, 1.807) is 0 Å². The van der Waals surface area contributed by atoms with E-state index in [1.807, 2.05) is 0 Å². The maximum Gasteiger partial charge on any atom is 0.261 e. The van der Waals surface area contributed by atoms with E-state index in [0.717, 1.165) is 18.4 Å². The summed E-state index contributed by atoms with van der Waals surface area (Å²) in [5.74, 6) is 0.0666. The van der Waals surface area contributed by atoms with E-state index in [2.05, 4.69) is 101 Å². The predicted octanol–water partition coefficient (Wildman–Crippen LogP) is 4.84. The summed E-state index contributed by atoms with van der Waals surface area (Å²) >= 11 is 0. The van der Waals surface area contributed by atoms with Gasteiger partial charge >= 0.3 is 0 Å². The Hall–Kier alpha value is -1.94. The van der Waals surface area contributed by atoms with E-state index in [4.69, 9.17) is 4.43 Å². The Labute approximate surface area is 177 Å². The molecule has 2 aromatic carbocycles. The lowest BCUT2D eigenvalue weighted by atomic mass is 9.83. The van der Waals surface area contributed by atoms with Gasteiger partial charge in [-0.05, 0) is 40.8 Å². The summed E-state index contributed by atoms with van der Waals surface area (Å²) in [7, 11) is -2.57. The molecule has 0 fully saturated rings. The van der Waals surface area contributed by atoms with E-state index in [0.29, 0.717) is 6.61 Å². The molecule has 0 saturated carbocycles. The average Bonchev–Trinajstić information content (AvgIpc) is 2.69. The maximum atomic E-state index is 10.6. The fraction of sp³-hybridized carbons (Fsp3) is 0.385. The largest absolute Gasteiger partial charge is 0.403 e. The van der Waals surface area contributed by atoms with Crippen LogP contribution in [0.1, 0.15) is 40.5 Å². The normalized spacial score (nSPS) is 20.2. The van der Waals surface area contributed by atoms with Crippen molar-refractivity contribution in [1.82, 2.24) is 0 Å². The van der Waals surface area contributed by atoms with Crippen molar-refractivity contribution in [3.05, 3.63) is 84.5 Å². The fourth-order valence-electron chi connectivity index (χ4n) is 4.55. The van der Waals surface area contributed by atoms with Gasteiger partial charge in [0, 0.05) is 5.92 Å². The Morgan fingerprint density at radius 1 is 1.03 bits per heavy atom. The van der Waals surface area contributed by atoms with Crippen molar-refractivity contribution in [2.45, 2.75) is 51.7 Å². The van der Waals surface area contributed by atoms with Gasteiger partial charge < -0.3 is 9.53 Å². The number of rotatable bonds is 6. The zero-order chi connectivity index (χ0) is 21.1. The minimum Gasteiger partial charge on any atom is -0.403 e. The summed E-state index contributed by atoms with van der Waals surface area (Å²) in [5.41, 5.74) is 2.25. The Morgan fingerprint density at radius 3 is 2.00 bits per heavy atom. The molecule has 2 nitrogen and oxygen atoms in total. The van der Waals surface area contributed by atoms with Gasteiger partial charge in [-0.2, -0.15) is 0 Å². The van der Waals surface area contributed by atoms with Crippen molar-refractivity contribution in [3.63, 3.8) is 0 Å². The number of aliphatic hydroxyl groups is 1. The third-order valence-electron chi connectivity index (χ3n) is 6.13. The second kappa shape index (κ2) is 8.82. The Bertz CT molecular complexity index is 810. The standard InChI is InChI=1S/C26H34O2Si/c1-20-16-17-24(25(27)18-20)21(2)19-28-29(26(3,4)5,22-12-8-6-9-13-22)23-14-10-7-11-15-23/h6-16,24-25,27H,2,17-19H2,1,3-5H3/t24-,25-/m1/s1. The van der Waals surface area contributed by atoms with Gasteiger partial charge in [-0.1, -0.05) is 99.7 Å². The van der Waals surface area contributed by atoms with Crippen LogP contribution in [0.5, 0.6) is 0 Å². The number of aliphatic hydroxyl groups excluding tert-OH is 1. The van der Waals surface area contributed by atoms with Crippen molar-refractivity contribution >= 4 is 18.7 Å². The molecule has 3 rings (SSSR count). The molecule has 0 aliphatic heterocycles. The second-order valence-electron chi connectivity index (χ2n) is 9.27. The molecule has 0 unspecified atom stereocenters. The van der Waals surface area contributed by atoms with E-state index in [1.165, 1.54) is 15.9 Å². The van der Waals surface area contributed by atoms with Crippen LogP contribution in [0.15, 0.2) is 84.5 Å². The summed E-state index contributed by atoms with van der Waals surface area (Å²) in [6.07, 6.45) is 3.43. The molecule has 29 heavy (non-hydrogen) atoms. The maximum absolute atomic E-state index is 10.6. The lowest BCUT2D eigenvalue weighted by Gasteiger charge is -2.43. The first-order valence-corrected chi connectivity index (χ1v) is 12.4. The molecule has 0 amide bonds. The van der Waals surface area contributed by atoms with Gasteiger partial charge in [-0.25, -0.2) is 0 Å². The van der Waals surface area contributed by atoms with Crippen molar-refractivity contribution in [2.75, 3.05) is 6.61 Å². The molecule has 0 saturated heterocycles. The molecular formula is C26H34O2Si. The van der Waals surface area contributed by atoms with Crippen LogP contribution in [0.2, 0.25) is 5.04 Å². The molecule has 1 N–H and O–H groups in total. The average molecular weight is 407 g/mol. The van der Waals surface area contributed by atoms with Gasteiger partial charge in [0.15, 0.2) is 0 Å². The summed E-state index contributed by atoms with van der Waals surface area (Å²) in [5, 5.41) is 13.1. The first-order chi connectivity index (χ1) is 13.8. The van der Waals surface area contributed by atoms with Crippen LogP contribution < -0.4 is 10.4 Å². The smallest absolute Gasteiger partial charge is 0.261 e. The number of hydrogen-bond acceptors (Lipinski definition) is 2. The molecule has 0 heterocycles. The summed E-state index contributed by atoms with van der Waals surface area (Å²) in [6, 6.07) is 21.3. The van der Waals surface area contributed by atoms with E-state index in [-0.39, 0.29) is 17.1 Å². The van der Waals surface area contributed by atoms with E-state index >= 15 is 0 Å². The van der Waals surface area contributed by atoms with E-state index in [9.17, 15) is 5.11 Å². The lowest BCUT2D eigenvalue weighted by Crippen LogP contribution is -2.66. The van der Waals surface area contributed by atoms with Crippen molar-refractivity contribution in [2.24, 2.45) is 5.92 Å². The van der Waals surface area contributed by atoms with Crippen LogP contribution in [0.3, 0.4) is 0 Å². The minimum atomic E-state index is -2.57. The van der Waals surface area contributed by atoms with E-state index < -0.39 is 8.32 Å². The fourth-order valence-corrected chi connectivity index (χ4v) is 9.11. The molecule has 0 aromatic heterocycles. The molecule has 1 aliphatic carbocycles. The number of benzene rings is 2. The van der Waals surface area contributed by atoms with Gasteiger partial charge in [0.1, 0.15) is 0 Å². The zero-order valence-corrected chi connectivity index (χ0v) is 19.2. The minimum absolute atomic E-state index is 0.0579. The molecule has 0 spiro atoms. The van der Waals surface area contributed by atoms with Crippen LogP contribution in [-0.2, 0) is 4.43 Å². The Kier molecular flexibility index (Phi) is 6.62. The predicted molar refractivity (Wildman–Crippen MR) is 125 cm³/mol. The SMILES string of the molecule is C=C(CO[Si](c1ccccc1)(c1ccccc1)C(C)(C)C)[C@H]1CC=C(C)C[C@H]1O. The number of hydrogen-bond donors (Lipinski definition) is 1. The van der Waals surface area contributed by atoms with Gasteiger partial charge in [0.2, 0.25) is 0 Å². The lowest BCUT2D eigenvalue weighted by molar-refractivity contribution is 0.114. The molecule has 3 heteroatoms. The van der Waals surface area contributed by atoms with Crippen LogP contribution in [-0.4, -0.2) is 26.1 Å². The third kappa shape index (κ3) is 4.47. The molecule has 1 aliphatic rings. The molecule has 2 aromatic rings. The summed E-state index contributed by atoms with van der Waals surface area (Å²) < 4.78 is 6.96. The monoisotopic (exact) mass is 406 g/mol. The molecule has 0 radical (unpaired) electrons. The van der Waals surface area contributed by atoms with Gasteiger partial charge in [0.25, 0.3) is 8.32 Å². The quantitative estimate of drug-likeness (QED) is 0.550. The van der Waals surface area contributed by atoms with Crippen molar-refractivity contribution in [1.29, 1.82) is 0 Å². The summed E-state index contributed by atoms with van der Waals surface area (Å²) in [4.78, 5) is 0. The highest BCUT2D eigenvalue weighted by Gasteiger charge is 2.50. The van der Waals surface area contributed by atoms with Crippen molar-refractivity contribution in [3.8, 4) is 0 Å². The Morgan fingerprint density at radius 2 is 1.55 bits per heavy atom. The first-order valence-electron chi connectivity index (χ1n) is 10.5. The third-order valence-corrected chi connectivity index (χ3v) is 11.1. The molecule has 2 atom stereocenters. The first kappa shape index (κ1) is 21.8. The van der Waals surface area contributed by atoms with Crippen LogP contribution in [0.4, 0.5) is 0 Å². The highest BCUT2D eigenvalue weighted by atomic mass is 28.4. The van der Waals surface area contributed by atoms with Crippen LogP contribution >= 0.6 is 0 Å². The topological polar surface area (TPSA) is 29.5 Å². The highest BCUT2D eigenvalue weighted by Crippen LogP contribution is 2.38. The van der Waals surface area contributed by atoms with Crippen LogP contribution in [0.25, 0.3) is 0 Å². The summed E-state index contributed by atoms with van der Waals surface area (Å²) in [6.45, 7) is 13.7. The Balaban J connectivity index is 1.97. The second-order valence-corrected chi connectivity index (χ2v) is 13.6. The van der Waals surface area contributed by atoms with Crippen molar-refractivity contribution < 1.29 is 9.53 Å². The number of allylic oxidation sites excluding steroid dienone is 1. The van der Waals surface area contributed by atoms with Gasteiger partial charge in [-0.15, -0.1) is 0 Å². The molecular weight excluding hydrogens is 372 g/mol. The zero-order valence-electron chi connectivity index (χ0n) is 18.2. The molecule has 0 bridgehead atoms. The van der Waals surface area contributed by atoms with Crippen LogP contribution in [0, 0.1) is 5.92 Å². The molecule has 154 valence electrons.